The number of fused-ring (bicyclic) bond motifs is 10. The SMILES string of the molecule is CN1C(c2ccc(-c3ccccc3)cc2)=CN2c3cccc4c3C3(c5c(ccc6c7ccccc7n-4c56)-n4c5ccccc5c5ccc[n+]3c54)C12. The summed E-state index contributed by atoms with van der Waals surface area (Å²) < 4.78 is 7.74. The summed E-state index contributed by atoms with van der Waals surface area (Å²) >= 11 is 0. The van der Waals surface area contributed by atoms with E-state index >= 15 is 0 Å². The van der Waals surface area contributed by atoms with Crippen molar-refractivity contribution in [2.24, 2.45) is 0 Å². The van der Waals surface area contributed by atoms with Crippen molar-refractivity contribution in [3.05, 3.63) is 175 Å². The standard InChI is InChI=1S/C46H30N5/c1-47-40(30-22-20-29(21-23-30)28-11-3-2-4-12-28)27-48-37-18-9-19-38-41(37)46(45(47)48)42-39(25-24-33-31-13-5-7-16-35(31)50(38)43(33)42)51-36-17-8-6-14-32(36)34-15-10-26-49(46)44(34)51/h2-27,45H,1H3/q+1. The molecule has 7 heterocycles. The zero-order valence-corrected chi connectivity index (χ0v) is 27.8. The second-order valence-electron chi connectivity index (χ2n) is 14.5. The maximum Gasteiger partial charge on any atom is 0.296 e. The van der Waals surface area contributed by atoms with Crippen LogP contribution in [0.25, 0.3) is 71.9 Å². The maximum absolute atomic E-state index is 2.64. The van der Waals surface area contributed by atoms with Gasteiger partial charge in [-0.25, -0.2) is 4.57 Å². The molecule has 6 aromatic carbocycles. The van der Waals surface area contributed by atoms with E-state index in [0.29, 0.717) is 0 Å². The van der Waals surface area contributed by atoms with E-state index in [1.165, 1.54) is 94.3 Å². The molecule has 4 aliphatic rings. The minimum atomic E-state index is -0.536. The summed E-state index contributed by atoms with van der Waals surface area (Å²) in [5.41, 5.74) is 16.0. The lowest BCUT2D eigenvalue weighted by Gasteiger charge is -2.44. The van der Waals surface area contributed by atoms with E-state index in [-0.39, 0.29) is 6.17 Å². The highest BCUT2D eigenvalue weighted by Crippen LogP contribution is 2.61. The van der Waals surface area contributed by atoms with Crippen molar-refractivity contribution >= 4 is 55.1 Å². The molecule has 0 aliphatic carbocycles. The molecule has 5 heteroatoms. The average Bonchev–Trinajstić information content (AvgIpc) is 3.91. The first kappa shape index (κ1) is 26.3. The van der Waals surface area contributed by atoms with Crippen molar-refractivity contribution in [3.63, 3.8) is 0 Å². The minimum absolute atomic E-state index is 0.0316. The third kappa shape index (κ3) is 2.82. The lowest BCUT2D eigenvalue weighted by atomic mass is 9.75. The first-order chi connectivity index (χ1) is 25.2. The van der Waals surface area contributed by atoms with Gasteiger partial charge < -0.3 is 14.4 Å². The molecule has 51 heavy (non-hydrogen) atoms. The van der Waals surface area contributed by atoms with Gasteiger partial charge in [0.05, 0.1) is 50.8 Å². The molecule has 0 saturated heterocycles. The fraction of sp³-hybridized carbons (Fsp3) is 0.0652. The summed E-state index contributed by atoms with van der Waals surface area (Å²) in [6.45, 7) is 0. The van der Waals surface area contributed by atoms with Crippen LogP contribution in [-0.2, 0) is 5.54 Å². The molecule has 1 spiro atoms. The number of para-hydroxylation sites is 2. The normalized spacial score (nSPS) is 19.0. The van der Waals surface area contributed by atoms with Crippen LogP contribution in [0.1, 0.15) is 16.7 Å². The maximum atomic E-state index is 2.64. The highest BCUT2D eigenvalue weighted by atomic mass is 15.5. The van der Waals surface area contributed by atoms with Crippen LogP contribution in [0.4, 0.5) is 5.69 Å². The topological polar surface area (TPSA) is 20.2 Å². The molecular weight excluding hydrogens is 623 g/mol. The Morgan fingerprint density at radius 2 is 1.16 bits per heavy atom. The highest BCUT2D eigenvalue weighted by molar-refractivity contribution is 6.15. The van der Waals surface area contributed by atoms with E-state index in [4.69, 9.17) is 0 Å². The van der Waals surface area contributed by atoms with Gasteiger partial charge in [0.1, 0.15) is 11.2 Å². The number of pyridine rings is 1. The van der Waals surface area contributed by atoms with Gasteiger partial charge in [-0.05, 0) is 71.3 Å². The Morgan fingerprint density at radius 3 is 1.98 bits per heavy atom. The van der Waals surface area contributed by atoms with Crippen LogP contribution in [0.15, 0.2) is 158 Å². The molecule has 3 aromatic heterocycles. The van der Waals surface area contributed by atoms with E-state index in [1.807, 2.05) is 0 Å². The van der Waals surface area contributed by atoms with E-state index in [1.54, 1.807) is 0 Å². The summed E-state index contributed by atoms with van der Waals surface area (Å²) in [7, 11) is 2.30. The largest absolute Gasteiger partial charge is 0.348 e. The Kier molecular flexibility index (Phi) is 4.52. The molecule has 4 aliphatic heterocycles. The molecule has 0 fully saturated rings. The monoisotopic (exact) mass is 652 g/mol. The minimum Gasteiger partial charge on any atom is -0.348 e. The molecule has 238 valence electrons. The summed E-state index contributed by atoms with van der Waals surface area (Å²) in [4.78, 5) is 5.12. The van der Waals surface area contributed by atoms with Crippen molar-refractivity contribution in [1.82, 2.24) is 14.0 Å². The number of likely N-dealkylation sites (N-methyl/N-ethyl adjacent to an activating group) is 1. The fourth-order valence-corrected chi connectivity index (χ4v) is 10.4. The number of aromatic nitrogens is 3. The number of anilines is 1. The Balaban J connectivity index is 1.17. The number of hydrogen-bond acceptors (Lipinski definition) is 2. The van der Waals surface area contributed by atoms with E-state index in [0.717, 1.165) is 0 Å². The number of nitrogens with zero attached hydrogens (tertiary/aromatic N) is 5. The van der Waals surface area contributed by atoms with E-state index < -0.39 is 5.54 Å². The van der Waals surface area contributed by atoms with E-state index in [2.05, 4.69) is 189 Å². The predicted octanol–water partition coefficient (Wildman–Crippen LogP) is 9.34. The summed E-state index contributed by atoms with van der Waals surface area (Å²) in [6.07, 6.45) is 4.72. The summed E-state index contributed by atoms with van der Waals surface area (Å²) in [5.74, 6) is 0. The predicted molar refractivity (Wildman–Crippen MR) is 205 cm³/mol. The second-order valence-corrected chi connectivity index (χ2v) is 14.5. The molecule has 0 N–H and O–H groups in total. The van der Waals surface area contributed by atoms with Gasteiger partial charge in [-0.3, -0.25) is 0 Å². The Hall–Kier alpha value is -6.59. The second kappa shape index (κ2) is 8.76. The summed E-state index contributed by atoms with van der Waals surface area (Å²) in [5, 5.41) is 5.16. The number of rotatable bonds is 2. The fourth-order valence-electron chi connectivity index (χ4n) is 10.4. The van der Waals surface area contributed by atoms with Gasteiger partial charge in [0.2, 0.25) is 5.54 Å². The Morgan fingerprint density at radius 1 is 0.510 bits per heavy atom. The highest BCUT2D eigenvalue weighted by Gasteiger charge is 2.67. The van der Waals surface area contributed by atoms with Crippen molar-refractivity contribution < 1.29 is 4.57 Å². The van der Waals surface area contributed by atoms with Crippen LogP contribution in [-0.4, -0.2) is 27.2 Å². The van der Waals surface area contributed by atoms with Gasteiger partial charge in [0.25, 0.3) is 5.65 Å². The van der Waals surface area contributed by atoms with Crippen LogP contribution in [0, 0.1) is 0 Å². The molecule has 5 nitrogen and oxygen atoms in total. The van der Waals surface area contributed by atoms with E-state index in [9.17, 15) is 0 Å². The van der Waals surface area contributed by atoms with Gasteiger partial charge in [0.15, 0.2) is 6.17 Å². The third-order valence-corrected chi connectivity index (χ3v) is 12.3. The van der Waals surface area contributed by atoms with Gasteiger partial charge in [-0.1, -0.05) is 91.0 Å². The van der Waals surface area contributed by atoms with Crippen molar-refractivity contribution in [2.75, 3.05) is 11.9 Å². The lowest BCUT2D eigenvalue weighted by molar-refractivity contribution is -0.727. The van der Waals surface area contributed by atoms with Crippen LogP contribution < -0.4 is 9.47 Å². The van der Waals surface area contributed by atoms with Crippen molar-refractivity contribution in [2.45, 2.75) is 11.7 Å². The van der Waals surface area contributed by atoms with Crippen LogP contribution in [0.2, 0.25) is 0 Å². The third-order valence-electron chi connectivity index (χ3n) is 12.3. The molecule has 2 unspecified atom stereocenters. The van der Waals surface area contributed by atoms with Gasteiger partial charge in [-0.15, -0.1) is 0 Å². The van der Waals surface area contributed by atoms with Crippen molar-refractivity contribution in [3.8, 4) is 22.5 Å². The molecule has 9 aromatic rings. The number of benzene rings is 6. The van der Waals surface area contributed by atoms with Gasteiger partial charge >= 0.3 is 0 Å². The molecule has 0 radical (unpaired) electrons. The molecule has 2 atom stereocenters. The average molecular weight is 653 g/mol. The number of hydrogen-bond donors (Lipinski definition) is 0. The smallest absolute Gasteiger partial charge is 0.296 e. The zero-order valence-electron chi connectivity index (χ0n) is 27.8. The summed E-state index contributed by atoms with van der Waals surface area (Å²) in [6, 6.07) is 53.9. The first-order valence-electron chi connectivity index (χ1n) is 17.8. The van der Waals surface area contributed by atoms with Crippen LogP contribution >= 0.6 is 0 Å². The lowest BCUT2D eigenvalue weighted by Crippen LogP contribution is -2.69. The van der Waals surface area contributed by atoms with Crippen LogP contribution in [0.3, 0.4) is 0 Å². The Bertz CT molecular complexity index is 3060. The molecule has 13 rings (SSSR count). The van der Waals surface area contributed by atoms with Gasteiger partial charge in [0, 0.05) is 29.4 Å². The first-order valence-corrected chi connectivity index (χ1v) is 17.8. The van der Waals surface area contributed by atoms with Crippen molar-refractivity contribution in [1.29, 1.82) is 0 Å². The zero-order chi connectivity index (χ0) is 33.2. The van der Waals surface area contributed by atoms with Gasteiger partial charge in [-0.2, -0.15) is 4.57 Å². The van der Waals surface area contributed by atoms with Crippen LogP contribution in [0.5, 0.6) is 0 Å². The molecule has 0 bridgehead atoms. The molecule has 0 saturated carbocycles. The molecular formula is C46H30N5+. The molecule has 0 amide bonds. The Labute approximate surface area is 293 Å². The quantitative estimate of drug-likeness (QED) is 0.174.